The van der Waals surface area contributed by atoms with E-state index >= 15 is 0 Å². The maximum Gasteiger partial charge on any atom is 0.239 e. The summed E-state index contributed by atoms with van der Waals surface area (Å²) in [5.41, 5.74) is 0.601. The van der Waals surface area contributed by atoms with Crippen molar-refractivity contribution in [3.8, 4) is 0 Å². The number of Topliss-reactive ketones (excluding diaryl/α,β-unsaturated/α-hetero) is 1. The molecule has 6 heteroatoms. The van der Waals surface area contributed by atoms with Crippen LogP contribution >= 0.6 is 22.3 Å². The smallest absolute Gasteiger partial charge is 0.239 e. The van der Waals surface area contributed by atoms with Crippen LogP contribution in [0.25, 0.3) is 0 Å². The molecule has 0 bridgehead atoms. The summed E-state index contributed by atoms with van der Waals surface area (Å²) in [5, 5.41) is 0.442. The molecule has 82 valence electrons. The van der Waals surface area contributed by atoms with Crippen molar-refractivity contribution in [2.75, 3.05) is 5.75 Å². The molecular weight excluding hydrogens is 259 g/mol. The highest BCUT2D eigenvalue weighted by atomic mass is 35.7. The maximum atomic E-state index is 11.3. The molecule has 15 heavy (non-hydrogen) atoms. The largest absolute Gasteiger partial charge is 0.298 e. The van der Waals surface area contributed by atoms with Crippen LogP contribution in [0.3, 0.4) is 0 Å². The fraction of sp³-hybridized carbons (Fsp3) is 0.222. The molecule has 0 N–H and O–H groups in total. The summed E-state index contributed by atoms with van der Waals surface area (Å²) in [5.74, 6) is -1.14. The van der Waals surface area contributed by atoms with Crippen LogP contribution in [0, 0.1) is 0 Å². The molecule has 0 aliphatic heterocycles. The van der Waals surface area contributed by atoms with Crippen LogP contribution in [0.5, 0.6) is 0 Å². The third-order valence-corrected chi connectivity index (χ3v) is 3.04. The van der Waals surface area contributed by atoms with Crippen LogP contribution in [-0.4, -0.2) is 20.0 Å². The van der Waals surface area contributed by atoms with Gasteiger partial charge in [0.2, 0.25) is 9.05 Å². The zero-order valence-corrected chi connectivity index (χ0v) is 9.94. The number of benzene rings is 1. The van der Waals surface area contributed by atoms with E-state index in [0.717, 1.165) is 0 Å². The third kappa shape index (κ3) is 4.64. The quantitative estimate of drug-likeness (QED) is 0.784. The Morgan fingerprint density at radius 2 is 1.87 bits per heavy atom. The van der Waals surface area contributed by atoms with E-state index in [1.54, 1.807) is 24.3 Å². The highest BCUT2D eigenvalue weighted by molar-refractivity contribution is 8.14. The lowest BCUT2D eigenvalue weighted by Gasteiger charge is -2.01. The highest BCUT2D eigenvalue weighted by Gasteiger charge is 2.14. The van der Waals surface area contributed by atoms with Gasteiger partial charge in [-0.2, -0.15) is 0 Å². The van der Waals surface area contributed by atoms with Gasteiger partial charge in [-0.25, -0.2) is 8.42 Å². The average Bonchev–Trinajstić information content (AvgIpc) is 2.05. The van der Waals surface area contributed by atoms with Crippen molar-refractivity contribution >= 4 is 37.1 Å². The molecule has 3 nitrogen and oxygen atoms in total. The number of halogens is 2. The number of carbonyl (C=O) groups is 1. The van der Waals surface area contributed by atoms with Crippen LogP contribution in [0.15, 0.2) is 24.3 Å². The second kappa shape index (κ2) is 4.96. The van der Waals surface area contributed by atoms with Crippen molar-refractivity contribution in [1.82, 2.24) is 0 Å². The van der Waals surface area contributed by atoms with Crippen LogP contribution in [0.2, 0.25) is 5.02 Å². The summed E-state index contributed by atoms with van der Waals surface area (Å²) >= 11 is 5.80. The number of hydrogen-bond donors (Lipinski definition) is 0. The summed E-state index contributed by atoms with van der Waals surface area (Å²) in [4.78, 5) is 11.3. The van der Waals surface area contributed by atoms with Crippen LogP contribution in [0.1, 0.15) is 5.56 Å². The fourth-order valence-corrected chi connectivity index (χ4v) is 2.15. The maximum absolute atomic E-state index is 11.3. The van der Waals surface area contributed by atoms with Gasteiger partial charge in [0, 0.05) is 22.1 Å². The Hall–Kier alpha value is -0.580. The van der Waals surface area contributed by atoms with Crippen molar-refractivity contribution in [3.05, 3.63) is 34.9 Å². The van der Waals surface area contributed by atoms with Crippen molar-refractivity contribution < 1.29 is 13.2 Å². The zero-order chi connectivity index (χ0) is 11.5. The van der Waals surface area contributed by atoms with Gasteiger partial charge in [-0.05, 0) is 11.6 Å². The van der Waals surface area contributed by atoms with E-state index in [4.69, 9.17) is 22.3 Å². The molecular formula is C9H8Cl2O3S. The Balaban J connectivity index is 2.72. The summed E-state index contributed by atoms with van der Waals surface area (Å²) in [6, 6.07) is 6.76. The first-order valence-corrected chi connectivity index (χ1v) is 6.91. The van der Waals surface area contributed by atoms with E-state index in [2.05, 4.69) is 0 Å². The molecule has 0 aliphatic carbocycles. The van der Waals surface area contributed by atoms with Gasteiger partial charge in [-0.15, -0.1) is 0 Å². The number of hydrogen-bond acceptors (Lipinski definition) is 3. The second-order valence-electron chi connectivity index (χ2n) is 2.99. The van der Waals surface area contributed by atoms with Crippen LogP contribution < -0.4 is 0 Å². The Bertz CT molecular complexity index is 468. The molecule has 0 radical (unpaired) electrons. The average molecular weight is 267 g/mol. The van der Waals surface area contributed by atoms with Gasteiger partial charge < -0.3 is 0 Å². The molecule has 0 spiro atoms. The minimum Gasteiger partial charge on any atom is -0.298 e. The minimum atomic E-state index is -3.78. The predicted molar refractivity (Wildman–Crippen MR) is 59.8 cm³/mol. The normalized spacial score (nSPS) is 11.3. The summed E-state index contributed by atoms with van der Waals surface area (Å²) in [6.45, 7) is 0. The van der Waals surface area contributed by atoms with Crippen molar-refractivity contribution in [3.63, 3.8) is 0 Å². The summed E-state index contributed by atoms with van der Waals surface area (Å²) in [6.07, 6.45) is -0.0222. The SMILES string of the molecule is O=C(Cc1ccccc1Cl)CS(=O)(=O)Cl. The molecule has 0 amide bonds. The van der Waals surface area contributed by atoms with Gasteiger partial charge in [0.25, 0.3) is 0 Å². The molecule has 1 aromatic rings. The molecule has 1 rings (SSSR count). The van der Waals surface area contributed by atoms with Gasteiger partial charge >= 0.3 is 0 Å². The number of rotatable bonds is 4. The van der Waals surface area contributed by atoms with Crippen molar-refractivity contribution in [2.45, 2.75) is 6.42 Å². The van der Waals surface area contributed by atoms with E-state index < -0.39 is 20.6 Å². The van der Waals surface area contributed by atoms with Crippen LogP contribution in [-0.2, 0) is 20.3 Å². The molecule has 0 aliphatic rings. The summed E-state index contributed by atoms with van der Waals surface area (Å²) in [7, 11) is 1.18. The lowest BCUT2D eigenvalue weighted by atomic mass is 10.1. The molecule has 1 aromatic carbocycles. The van der Waals surface area contributed by atoms with Crippen molar-refractivity contribution in [1.29, 1.82) is 0 Å². The van der Waals surface area contributed by atoms with Gasteiger partial charge in [0.1, 0.15) is 5.75 Å². The van der Waals surface area contributed by atoms with E-state index in [0.29, 0.717) is 10.6 Å². The Labute approximate surface area is 97.4 Å². The monoisotopic (exact) mass is 266 g/mol. The molecule has 0 atom stereocenters. The van der Waals surface area contributed by atoms with E-state index in [-0.39, 0.29) is 6.42 Å². The van der Waals surface area contributed by atoms with Crippen LogP contribution in [0.4, 0.5) is 0 Å². The number of ketones is 1. The lowest BCUT2D eigenvalue weighted by molar-refractivity contribution is -0.116. The Morgan fingerprint density at radius 3 is 2.40 bits per heavy atom. The zero-order valence-electron chi connectivity index (χ0n) is 7.61. The molecule has 0 unspecified atom stereocenters. The number of carbonyl (C=O) groups excluding carboxylic acids is 1. The Kier molecular flexibility index (Phi) is 4.13. The molecule has 0 aromatic heterocycles. The lowest BCUT2D eigenvalue weighted by Crippen LogP contribution is -2.13. The minimum absolute atomic E-state index is 0.0222. The highest BCUT2D eigenvalue weighted by Crippen LogP contribution is 2.16. The molecule has 0 heterocycles. The van der Waals surface area contributed by atoms with Gasteiger partial charge in [-0.1, -0.05) is 29.8 Å². The van der Waals surface area contributed by atoms with E-state index in [1.807, 2.05) is 0 Å². The van der Waals surface area contributed by atoms with Gasteiger partial charge in [-0.3, -0.25) is 4.79 Å². The van der Waals surface area contributed by atoms with Gasteiger partial charge in [0.15, 0.2) is 5.78 Å². The third-order valence-electron chi connectivity index (χ3n) is 1.68. The summed E-state index contributed by atoms with van der Waals surface area (Å²) < 4.78 is 21.3. The first-order valence-electron chi connectivity index (χ1n) is 4.06. The predicted octanol–water partition coefficient (Wildman–Crippen LogP) is 2.02. The van der Waals surface area contributed by atoms with E-state index in [9.17, 15) is 13.2 Å². The van der Waals surface area contributed by atoms with Crippen molar-refractivity contribution in [2.24, 2.45) is 0 Å². The Morgan fingerprint density at radius 1 is 1.27 bits per heavy atom. The topological polar surface area (TPSA) is 51.2 Å². The molecule has 0 saturated heterocycles. The first-order chi connectivity index (χ1) is 6.88. The molecule has 0 saturated carbocycles. The second-order valence-corrected chi connectivity index (χ2v) is 6.17. The standard InChI is InChI=1S/C9H8Cl2O3S/c10-9-4-2-1-3-7(9)5-8(12)6-15(11,13)14/h1-4H,5-6H2. The van der Waals surface area contributed by atoms with E-state index in [1.165, 1.54) is 0 Å². The fourth-order valence-electron chi connectivity index (χ4n) is 1.10. The first kappa shape index (κ1) is 12.5. The van der Waals surface area contributed by atoms with Gasteiger partial charge in [0.05, 0.1) is 0 Å². The molecule has 0 fully saturated rings.